The molecule has 3 rings (SSSR count). The maximum absolute atomic E-state index is 12.2. The highest BCUT2D eigenvalue weighted by molar-refractivity contribution is 5.90. The van der Waals surface area contributed by atoms with Crippen molar-refractivity contribution < 1.29 is 9.53 Å². The van der Waals surface area contributed by atoms with Gasteiger partial charge in [-0.3, -0.25) is 9.88 Å². The van der Waals surface area contributed by atoms with Gasteiger partial charge in [-0.2, -0.15) is 0 Å². The van der Waals surface area contributed by atoms with Crippen molar-refractivity contribution in [1.82, 2.24) is 20.2 Å². The van der Waals surface area contributed by atoms with Crippen LogP contribution < -0.4 is 15.4 Å². The first-order valence-corrected chi connectivity index (χ1v) is 8.43. The highest BCUT2D eigenvalue weighted by Gasteiger charge is 2.21. The molecule has 1 fully saturated rings. The molecular weight excluding hydrogens is 318 g/mol. The molecule has 1 aliphatic heterocycles. The highest BCUT2D eigenvalue weighted by atomic mass is 16.5. The number of pyridine rings is 2. The lowest BCUT2D eigenvalue weighted by atomic mass is 10.1. The largest absolute Gasteiger partial charge is 0.480 e. The normalized spacial score (nSPS) is 15.6. The number of hydrogen-bond donors (Lipinski definition) is 2. The summed E-state index contributed by atoms with van der Waals surface area (Å²) in [6, 6.07) is 9.44. The predicted octanol–water partition coefficient (Wildman–Crippen LogP) is 2.27. The maximum Gasteiger partial charge on any atom is 0.319 e. The molecule has 1 aliphatic rings. The summed E-state index contributed by atoms with van der Waals surface area (Å²) in [5.74, 6) is 0.405. The van der Waals surface area contributed by atoms with Crippen LogP contribution in [0, 0.1) is 0 Å². The number of anilines is 1. The molecule has 3 heterocycles. The fraction of sp³-hybridized carbons (Fsp3) is 0.389. The Kier molecular flexibility index (Phi) is 5.79. The summed E-state index contributed by atoms with van der Waals surface area (Å²) in [6.07, 6.45) is 5.29. The number of piperidine rings is 1. The summed E-state index contributed by atoms with van der Waals surface area (Å²) in [5.41, 5.74) is 1.64. The Bertz CT molecular complexity index is 687. The monoisotopic (exact) mass is 341 g/mol. The number of carbonyl (C=O) groups is 1. The number of methoxy groups -OCH3 is 1. The number of rotatable bonds is 5. The van der Waals surface area contributed by atoms with Gasteiger partial charge < -0.3 is 15.4 Å². The molecule has 2 amide bonds. The molecular formula is C18H23N5O2. The Morgan fingerprint density at radius 2 is 2.00 bits per heavy atom. The molecule has 2 aromatic heterocycles. The van der Waals surface area contributed by atoms with Gasteiger partial charge in [0.2, 0.25) is 5.88 Å². The Morgan fingerprint density at radius 3 is 2.72 bits per heavy atom. The van der Waals surface area contributed by atoms with Crippen molar-refractivity contribution in [3.8, 4) is 5.88 Å². The first-order chi connectivity index (χ1) is 12.2. The van der Waals surface area contributed by atoms with Gasteiger partial charge in [0, 0.05) is 38.1 Å². The third-order valence-electron chi connectivity index (χ3n) is 4.25. The standard InChI is InChI=1S/C18H23N5O2/c1-25-17-16(6-4-10-20-17)22-18(24)21-14-7-11-23(12-8-14)13-15-5-2-3-9-19-15/h2-6,9-10,14H,7-8,11-13H2,1H3,(H2,21,22,24). The van der Waals surface area contributed by atoms with Gasteiger partial charge in [0.15, 0.2) is 0 Å². The smallest absolute Gasteiger partial charge is 0.319 e. The average Bonchev–Trinajstić information content (AvgIpc) is 2.64. The summed E-state index contributed by atoms with van der Waals surface area (Å²) < 4.78 is 5.14. The van der Waals surface area contributed by atoms with Crippen LogP contribution in [-0.4, -0.2) is 47.1 Å². The summed E-state index contributed by atoms with van der Waals surface area (Å²) in [5, 5.41) is 5.83. The van der Waals surface area contributed by atoms with Crippen LogP contribution in [0.3, 0.4) is 0 Å². The number of carbonyl (C=O) groups excluding carboxylic acids is 1. The lowest BCUT2D eigenvalue weighted by molar-refractivity contribution is 0.188. The second-order valence-corrected chi connectivity index (χ2v) is 6.03. The Hall–Kier alpha value is -2.67. The molecule has 0 aliphatic carbocycles. The molecule has 1 saturated heterocycles. The summed E-state index contributed by atoms with van der Waals surface area (Å²) in [4.78, 5) is 23.0. The van der Waals surface area contributed by atoms with Crippen LogP contribution in [0.2, 0.25) is 0 Å². The second-order valence-electron chi connectivity index (χ2n) is 6.03. The molecule has 0 atom stereocenters. The van der Waals surface area contributed by atoms with Gasteiger partial charge in [-0.1, -0.05) is 6.07 Å². The first kappa shape index (κ1) is 17.2. The topological polar surface area (TPSA) is 79.4 Å². The molecule has 0 spiro atoms. The molecule has 0 bridgehead atoms. The van der Waals surface area contributed by atoms with Gasteiger partial charge in [-0.05, 0) is 37.1 Å². The number of nitrogens with one attached hydrogen (secondary N) is 2. The van der Waals surface area contributed by atoms with Gasteiger partial charge in [0.1, 0.15) is 5.69 Å². The van der Waals surface area contributed by atoms with E-state index in [0.29, 0.717) is 11.6 Å². The summed E-state index contributed by atoms with van der Waals surface area (Å²) in [6.45, 7) is 2.74. The fourth-order valence-corrected chi connectivity index (χ4v) is 2.95. The zero-order valence-electron chi connectivity index (χ0n) is 14.3. The SMILES string of the molecule is COc1ncccc1NC(=O)NC1CCN(Cc2ccccn2)CC1. The summed E-state index contributed by atoms with van der Waals surface area (Å²) >= 11 is 0. The van der Waals surface area contributed by atoms with Gasteiger partial charge in [0.25, 0.3) is 0 Å². The number of ether oxygens (including phenoxy) is 1. The van der Waals surface area contributed by atoms with Gasteiger partial charge in [-0.25, -0.2) is 9.78 Å². The molecule has 0 unspecified atom stereocenters. The van der Waals surface area contributed by atoms with E-state index in [-0.39, 0.29) is 12.1 Å². The minimum atomic E-state index is -0.227. The molecule has 0 radical (unpaired) electrons. The van der Waals surface area contributed by atoms with E-state index >= 15 is 0 Å². The summed E-state index contributed by atoms with van der Waals surface area (Å²) in [7, 11) is 1.53. The van der Waals surface area contributed by atoms with Crippen LogP contribution in [0.1, 0.15) is 18.5 Å². The van der Waals surface area contributed by atoms with Crippen LogP contribution in [-0.2, 0) is 6.54 Å². The van der Waals surface area contributed by atoms with Gasteiger partial charge in [-0.15, -0.1) is 0 Å². The second kappa shape index (κ2) is 8.43. The lowest BCUT2D eigenvalue weighted by Crippen LogP contribution is -2.45. The predicted molar refractivity (Wildman–Crippen MR) is 95.5 cm³/mol. The zero-order chi connectivity index (χ0) is 17.5. The average molecular weight is 341 g/mol. The Balaban J connectivity index is 1.45. The van der Waals surface area contributed by atoms with Crippen molar-refractivity contribution in [2.24, 2.45) is 0 Å². The molecule has 0 saturated carbocycles. The Morgan fingerprint density at radius 1 is 1.20 bits per heavy atom. The molecule has 132 valence electrons. The van der Waals surface area contributed by atoms with E-state index in [2.05, 4.69) is 25.5 Å². The van der Waals surface area contributed by atoms with E-state index in [9.17, 15) is 4.79 Å². The van der Waals surface area contributed by atoms with Crippen molar-refractivity contribution in [3.05, 3.63) is 48.4 Å². The minimum Gasteiger partial charge on any atom is -0.480 e. The molecule has 7 nitrogen and oxygen atoms in total. The van der Waals surface area contributed by atoms with Crippen molar-refractivity contribution in [1.29, 1.82) is 0 Å². The van der Waals surface area contributed by atoms with E-state index in [0.717, 1.165) is 38.2 Å². The van der Waals surface area contributed by atoms with Crippen LogP contribution in [0.25, 0.3) is 0 Å². The third kappa shape index (κ3) is 4.90. The van der Waals surface area contributed by atoms with E-state index in [4.69, 9.17) is 4.74 Å². The number of urea groups is 1. The van der Waals surface area contributed by atoms with Crippen LogP contribution in [0.15, 0.2) is 42.7 Å². The van der Waals surface area contributed by atoms with E-state index in [1.165, 1.54) is 7.11 Å². The molecule has 25 heavy (non-hydrogen) atoms. The maximum atomic E-state index is 12.2. The number of hydrogen-bond acceptors (Lipinski definition) is 5. The fourth-order valence-electron chi connectivity index (χ4n) is 2.95. The van der Waals surface area contributed by atoms with Crippen molar-refractivity contribution >= 4 is 11.7 Å². The Labute approximate surface area is 147 Å². The molecule has 2 aromatic rings. The van der Waals surface area contributed by atoms with E-state index < -0.39 is 0 Å². The quantitative estimate of drug-likeness (QED) is 0.872. The highest BCUT2D eigenvalue weighted by Crippen LogP contribution is 2.20. The van der Waals surface area contributed by atoms with Crippen LogP contribution in [0.4, 0.5) is 10.5 Å². The first-order valence-electron chi connectivity index (χ1n) is 8.43. The van der Waals surface area contributed by atoms with E-state index in [1.807, 2.05) is 24.4 Å². The van der Waals surface area contributed by atoms with E-state index in [1.54, 1.807) is 18.3 Å². The molecule has 0 aromatic carbocycles. The number of aromatic nitrogens is 2. The van der Waals surface area contributed by atoms with Crippen LogP contribution >= 0.6 is 0 Å². The minimum absolute atomic E-state index is 0.169. The number of amides is 2. The number of likely N-dealkylation sites (tertiary alicyclic amines) is 1. The number of nitrogens with zero attached hydrogens (tertiary/aromatic N) is 3. The van der Waals surface area contributed by atoms with Gasteiger partial charge >= 0.3 is 6.03 Å². The molecule has 7 heteroatoms. The third-order valence-corrected chi connectivity index (χ3v) is 4.25. The van der Waals surface area contributed by atoms with Crippen molar-refractivity contribution in [2.75, 3.05) is 25.5 Å². The van der Waals surface area contributed by atoms with Crippen molar-refractivity contribution in [2.45, 2.75) is 25.4 Å². The van der Waals surface area contributed by atoms with Crippen molar-refractivity contribution in [3.63, 3.8) is 0 Å². The van der Waals surface area contributed by atoms with Gasteiger partial charge in [0.05, 0.1) is 12.8 Å². The lowest BCUT2D eigenvalue weighted by Gasteiger charge is -2.32. The molecule has 2 N–H and O–H groups in total. The van der Waals surface area contributed by atoms with Crippen LogP contribution in [0.5, 0.6) is 5.88 Å². The zero-order valence-corrected chi connectivity index (χ0v) is 14.3.